The highest BCUT2D eigenvalue weighted by Gasteiger charge is 2.35. The predicted molar refractivity (Wildman–Crippen MR) is 72.1 cm³/mol. The number of hydrogen-bond acceptors (Lipinski definition) is 2. The SMILES string of the molecule is CN1CCCC(NC2CCCC(C3CC3)C2)C1. The van der Waals surface area contributed by atoms with Crippen molar-refractivity contribution >= 4 is 0 Å². The topological polar surface area (TPSA) is 15.3 Å². The number of hydrogen-bond donors (Lipinski definition) is 1. The maximum Gasteiger partial charge on any atom is 0.0197 e. The first-order valence-corrected chi connectivity index (χ1v) is 7.76. The maximum absolute atomic E-state index is 3.96. The second-order valence-corrected chi connectivity index (χ2v) is 6.73. The summed E-state index contributed by atoms with van der Waals surface area (Å²) in [7, 11) is 2.27. The van der Waals surface area contributed by atoms with Gasteiger partial charge in [-0.25, -0.2) is 0 Å². The highest BCUT2D eigenvalue weighted by Crippen LogP contribution is 2.43. The Morgan fingerprint density at radius 2 is 1.71 bits per heavy atom. The molecule has 1 N–H and O–H groups in total. The fourth-order valence-electron chi connectivity index (χ4n) is 4.01. The first-order valence-electron chi connectivity index (χ1n) is 7.76. The molecule has 0 spiro atoms. The summed E-state index contributed by atoms with van der Waals surface area (Å²) < 4.78 is 0. The molecule has 0 aromatic heterocycles. The lowest BCUT2D eigenvalue weighted by molar-refractivity contribution is 0.186. The molecule has 3 fully saturated rings. The zero-order valence-electron chi connectivity index (χ0n) is 11.3. The van der Waals surface area contributed by atoms with Crippen molar-refractivity contribution in [1.82, 2.24) is 10.2 Å². The van der Waals surface area contributed by atoms with Crippen LogP contribution in [0.3, 0.4) is 0 Å². The molecular formula is C15H28N2. The van der Waals surface area contributed by atoms with E-state index in [2.05, 4.69) is 17.3 Å². The van der Waals surface area contributed by atoms with E-state index in [-0.39, 0.29) is 0 Å². The molecule has 2 heteroatoms. The number of rotatable bonds is 3. The second-order valence-electron chi connectivity index (χ2n) is 6.73. The fraction of sp³-hybridized carbons (Fsp3) is 1.00. The van der Waals surface area contributed by atoms with Crippen molar-refractivity contribution in [3.63, 3.8) is 0 Å². The number of likely N-dealkylation sites (tertiary alicyclic amines) is 1. The van der Waals surface area contributed by atoms with Crippen molar-refractivity contribution in [3.8, 4) is 0 Å². The Balaban J connectivity index is 1.46. The summed E-state index contributed by atoms with van der Waals surface area (Å²) >= 11 is 0. The van der Waals surface area contributed by atoms with Gasteiger partial charge in [-0.3, -0.25) is 0 Å². The van der Waals surface area contributed by atoms with Crippen LogP contribution < -0.4 is 5.32 Å². The summed E-state index contributed by atoms with van der Waals surface area (Å²) in [6, 6.07) is 1.61. The molecule has 1 saturated heterocycles. The third kappa shape index (κ3) is 3.23. The van der Waals surface area contributed by atoms with Gasteiger partial charge in [0.15, 0.2) is 0 Å². The molecule has 1 heterocycles. The summed E-state index contributed by atoms with van der Waals surface area (Å²) in [5.74, 6) is 2.19. The van der Waals surface area contributed by atoms with Gasteiger partial charge >= 0.3 is 0 Å². The van der Waals surface area contributed by atoms with Crippen molar-refractivity contribution in [2.45, 2.75) is 63.5 Å². The van der Waals surface area contributed by atoms with Crippen molar-refractivity contribution in [1.29, 1.82) is 0 Å². The van der Waals surface area contributed by atoms with Gasteiger partial charge in [0, 0.05) is 18.6 Å². The second kappa shape index (κ2) is 5.27. The third-order valence-electron chi connectivity index (χ3n) is 5.10. The van der Waals surface area contributed by atoms with E-state index < -0.39 is 0 Å². The number of likely N-dealkylation sites (N-methyl/N-ethyl adjacent to an activating group) is 1. The Morgan fingerprint density at radius 1 is 0.882 bits per heavy atom. The van der Waals surface area contributed by atoms with Crippen LogP contribution in [-0.4, -0.2) is 37.1 Å². The average Bonchev–Trinajstić information content (AvgIpc) is 3.13. The Labute approximate surface area is 106 Å². The van der Waals surface area contributed by atoms with Gasteiger partial charge in [0.1, 0.15) is 0 Å². The van der Waals surface area contributed by atoms with Crippen molar-refractivity contribution in [2.75, 3.05) is 20.1 Å². The van der Waals surface area contributed by atoms with E-state index in [1.807, 2.05) is 0 Å². The Kier molecular flexibility index (Phi) is 3.72. The summed E-state index contributed by atoms with van der Waals surface area (Å²) in [6.45, 7) is 2.57. The summed E-state index contributed by atoms with van der Waals surface area (Å²) in [4.78, 5) is 2.49. The molecule has 0 radical (unpaired) electrons. The molecule has 3 atom stereocenters. The van der Waals surface area contributed by atoms with E-state index in [1.54, 1.807) is 0 Å². The van der Waals surface area contributed by atoms with Crippen LogP contribution in [0, 0.1) is 11.8 Å². The van der Waals surface area contributed by atoms with Gasteiger partial charge < -0.3 is 10.2 Å². The lowest BCUT2D eigenvalue weighted by Crippen LogP contribution is -2.49. The minimum atomic E-state index is 0.775. The van der Waals surface area contributed by atoms with Crippen LogP contribution in [-0.2, 0) is 0 Å². The molecular weight excluding hydrogens is 208 g/mol. The molecule has 98 valence electrons. The molecule has 0 amide bonds. The quantitative estimate of drug-likeness (QED) is 0.810. The molecule has 0 aromatic carbocycles. The molecule has 3 unspecified atom stereocenters. The molecule has 2 aliphatic carbocycles. The predicted octanol–water partition coefficient (Wildman–Crippen LogP) is 2.64. The number of piperidine rings is 1. The van der Waals surface area contributed by atoms with Crippen LogP contribution in [0.25, 0.3) is 0 Å². The molecule has 2 nitrogen and oxygen atoms in total. The van der Waals surface area contributed by atoms with Gasteiger partial charge in [-0.2, -0.15) is 0 Å². The molecule has 2 saturated carbocycles. The van der Waals surface area contributed by atoms with Gasteiger partial charge in [-0.05, 0) is 64.0 Å². The molecule has 0 aromatic rings. The first-order chi connectivity index (χ1) is 8.31. The number of nitrogens with zero attached hydrogens (tertiary/aromatic N) is 1. The van der Waals surface area contributed by atoms with Gasteiger partial charge in [0.05, 0.1) is 0 Å². The van der Waals surface area contributed by atoms with Gasteiger partial charge in [0.25, 0.3) is 0 Å². The largest absolute Gasteiger partial charge is 0.310 e. The molecule has 17 heavy (non-hydrogen) atoms. The van der Waals surface area contributed by atoms with Crippen molar-refractivity contribution in [3.05, 3.63) is 0 Å². The van der Waals surface area contributed by atoms with E-state index in [0.29, 0.717) is 0 Å². The van der Waals surface area contributed by atoms with Crippen LogP contribution in [0.5, 0.6) is 0 Å². The average molecular weight is 236 g/mol. The van der Waals surface area contributed by atoms with Crippen LogP contribution in [0.2, 0.25) is 0 Å². The van der Waals surface area contributed by atoms with E-state index in [9.17, 15) is 0 Å². The van der Waals surface area contributed by atoms with Gasteiger partial charge in [0.2, 0.25) is 0 Å². The van der Waals surface area contributed by atoms with Crippen LogP contribution in [0.4, 0.5) is 0 Å². The summed E-state index contributed by atoms with van der Waals surface area (Å²) in [5, 5.41) is 3.96. The highest BCUT2D eigenvalue weighted by atomic mass is 15.1. The monoisotopic (exact) mass is 236 g/mol. The lowest BCUT2D eigenvalue weighted by Gasteiger charge is -2.36. The zero-order valence-corrected chi connectivity index (χ0v) is 11.3. The third-order valence-corrected chi connectivity index (χ3v) is 5.10. The van der Waals surface area contributed by atoms with E-state index >= 15 is 0 Å². The van der Waals surface area contributed by atoms with Crippen molar-refractivity contribution in [2.24, 2.45) is 11.8 Å². The van der Waals surface area contributed by atoms with E-state index in [1.165, 1.54) is 64.5 Å². The first kappa shape index (κ1) is 12.0. The van der Waals surface area contributed by atoms with Gasteiger partial charge in [-0.1, -0.05) is 12.8 Å². The minimum absolute atomic E-state index is 0.775. The molecule has 1 aliphatic heterocycles. The van der Waals surface area contributed by atoms with Crippen molar-refractivity contribution < 1.29 is 0 Å². The number of nitrogens with one attached hydrogen (secondary N) is 1. The standard InChI is InChI=1S/C15H28N2/c1-17-9-3-6-15(11-17)16-14-5-2-4-13(10-14)12-7-8-12/h12-16H,2-11H2,1H3. The smallest absolute Gasteiger partial charge is 0.0197 e. The summed E-state index contributed by atoms with van der Waals surface area (Å²) in [6.07, 6.45) is 11.7. The zero-order chi connectivity index (χ0) is 11.7. The Hall–Kier alpha value is -0.0800. The maximum atomic E-state index is 3.96. The summed E-state index contributed by atoms with van der Waals surface area (Å²) in [5.41, 5.74) is 0. The minimum Gasteiger partial charge on any atom is -0.310 e. The molecule has 0 bridgehead atoms. The molecule has 3 aliphatic rings. The normalized spacial score (nSPS) is 40.4. The Bertz CT molecular complexity index is 249. The lowest BCUT2D eigenvalue weighted by atomic mass is 9.82. The highest BCUT2D eigenvalue weighted by molar-refractivity contribution is 4.89. The van der Waals surface area contributed by atoms with Crippen LogP contribution >= 0.6 is 0 Å². The van der Waals surface area contributed by atoms with E-state index in [4.69, 9.17) is 0 Å². The fourth-order valence-corrected chi connectivity index (χ4v) is 4.01. The molecule has 3 rings (SSSR count). The van der Waals surface area contributed by atoms with Crippen LogP contribution in [0.15, 0.2) is 0 Å². The van der Waals surface area contributed by atoms with Crippen LogP contribution in [0.1, 0.15) is 51.4 Å². The van der Waals surface area contributed by atoms with E-state index in [0.717, 1.165) is 23.9 Å². The van der Waals surface area contributed by atoms with Gasteiger partial charge in [-0.15, -0.1) is 0 Å². The Morgan fingerprint density at radius 3 is 2.47 bits per heavy atom.